The molecule has 4 heteroatoms. The molecule has 3 nitrogen and oxygen atoms in total. The minimum atomic E-state index is -0.133. The molecule has 0 radical (unpaired) electrons. The second-order valence-electron chi connectivity index (χ2n) is 3.60. The molecule has 1 heterocycles. The third-order valence-corrected chi connectivity index (χ3v) is 2.77. The Hall–Kier alpha value is -1.09. The predicted molar refractivity (Wildman–Crippen MR) is 56.8 cm³/mol. The van der Waals surface area contributed by atoms with Crippen molar-refractivity contribution in [3.8, 4) is 0 Å². The molecule has 0 N–H and O–H groups in total. The summed E-state index contributed by atoms with van der Waals surface area (Å²) in [5.74, 6) is -0.211. The van der Waals surface area contributed by atoms with Gasteiger partial charge in [0.25, 0.3) is 0 Å². The van der Waals surface area contributed by atoms with E-state index in [0.29, 0.717) is 18.2 Å². The largest absolute Gasteiger partial charge is 0.466 e. The first-order chi connectivity index (χ1) is 7.20. The average Bonchev–Trinajstić information content (AvgIpc) is 2.60. The Kier molecular flexibility index (Phi) is 2.91. The minimum Gasteiger partial charge on any atom is -0.466 e. The molecule has 0 spiro atoms. The molecule has 1 aromatic rings. The van der Waals surface area contributed by atoms with Crippen LogP contribution in [-0.2, 0) is 22.4 Å². The smallest absolute Gasteiger partial charge is 0.309 e. The van der Waals surface area contributed by atoms with Gasteiger partial charge in [-0.1, -0.05) is 17.7 Å². The van der Waals surface area contributed by atoms with Gasteiger partial charge in [-0.25, -0.2) is 4.98 Å². The van der Waals surface area contributed by atoms with Crippen LogP contribution in [0.15, 0.2) is 12.1 Å². The second kappa shape index (κ2) is 4.19. The van der Waals surface area contributed by atoms with E-state index in [2.05, 4.69) is 4.98 Å². The van der Waals surface area contributed by atoms with Crippen LogP contribution in [0.5, 0.6) is 0 Å². The molecule has 1 aliphatic rings. The van der Waals surface area contributed by atoms with Crippen molar-refractivity contribution in [3.05, 3.63) is 28.5 Å². The molecular weight excluding hydrogens is 214 g/mol. The molecule has 1 atom stereocenters. The van der Waals surface area contributed by atoms with Gasteiger partial charge < -0.3 is 4.74 Å². The van der Waals surface area contributed by atoms with E-state index in [1.807, 2.05) is 13.0 Å². The van der Waals surface area contributed by atoms with Crippen molar-refractivity contribution in [1.82, 2.24) is 4.98 Å². The maximum atomic E-state index is 11.5. The van der Waals surface area contributed by atoms with Crippen molar-refractivity contribution in [1.29, 1.82) is 0 Å². The van der Waals surface area contributed by atoms with Crippen LogP contribution in [0.1, 0.15) is 18.2 Å². The number of esters is 1. The number of carbonyl (C=O) groups is 1. The van der Waals surface area contributed by atoms with Crippen LogP contribution in [0.25, 0.3) is 0 Å². The number of ether oxygens (including phenoxy) is 1. The van der Waals surface area contributed by atoms with Gasteiger partial charge >= 0.3 is 5.97 Å². The van der Waals surface area contributed by atoms with Crippen molar-refractivity contribution in [2.45, 2.75) is 19.8 Å². The highest BCUT2D eigenvalue weighted by Gasteiger charge is 2.29. The lowest BCUT2D eigenvalue weighted by molar-refractivity contribution is -0.147. The lowest BCUT2D eigenvalue weighted by atomic mass is 10.1. The van der Waals surface area contributed by atoms with Crippen LogP contribution in [0.4, 0.5) is 0 Å². The number of aromatic nitrogens is 1. The standard InChI is InChI=1S/C11H12ClNO2/c1-2-15-11(14)8-5-7-3-4-10(12)13-9(7)6-8/h3-4,8H,2,5-6H2,1H3. The molecular formula is C11H12ClNO2. The molecule has 15 heavy (non-hydrogen) atoms. The first kappa shape index (κ1) is 10.4. The number of pyridine rings is 1. The molecule has 1 unspecified atom stereocenters. The molecule has 0 aromatic carbocycles. The third kappa shape index (κ3) is 2.12. The van der Waals surface area contributed by atoms with E-state index in [4.69, 9.17) is 16.3 Å². The summed E-state index contributed by atoms with van der Waals surface area (Å²) < 4.78 is 4.99. The number of hydrogen-bond donors (Lipinski definition) is 0. The number of nitrogens with zero attached hydrogens (tertiary/aromatic N) is 1. The van der Waals surface area contributed by atoms with Gasteiger partial charge in [0.2, 0.25) is 0 Å². The highest BCUT2D eigenvalue weighted by atomic mass is 35.5. The highest BCUT2D eigenvalue weighted by molar-refractivity contribution is 6.29. The lowest BCUT2D eigenvalue weighted by Crippen LogP contribution is -2.17. The van der Waals surface area contributed by atoms with Crippen LogP contribution in [0.3, 0.4) is 0 Å². The lowest BCUT2D eigenvalue weighted by Gasteiger charge is -2.06. The zero-order valence-corrected chi connectivity index (χ0v) is 9.25. The normalized spacial score (nSPS) is 18.7. The van der Waals surface area contributed by atoms with Crippen LogP contribution < -0.4 is 0 Å². The Morgan fingerprint density at radius 2 is 2.40 bits per heavy atom. The topological polar surface area (TPSA) is 39.2 Å². The molecule has 0 bridgehead atoms. The summed E-state index contributed by atoms with van der Waals surface area (Å²) in [6, 6.07) is 3.69. The van der Waals surface area contributed by atoms with E-state index in [1.54, 1.807) is 6.07 Å². The summed E-state index contributed by atoms with van der Waals surface area (Å²) in [4.78, 5) is 15.7. The van der Waals surface area contributed by atoms with Crippen LogP contribution >= 0.6 is 11.6 Å². The Morgan fingerprint density at radius 1 is 1.60 bits per heavy atom. The van der Waals surface area contributed by atoms with Crippen molar-refractivity contribution in [2.75, 3.05) is 6.61 Å². The molecule has 0 saturated heterocycles. The number of hydrogen-bond acceptors (Lipinski definition) is 3. The van der Waals surface area contributed by atoms with Crippen molar-refractivity contribution in [3.63, 3.8) is 0 Å². The summed E-state index contributed by atoms with van der Waals surface area (Å²) in [6.45, 7) is 2.25. The molecule has 0 aliphatic heterocycles. The first-order valence-electron chi connectivity index (χ1n) is 5.01. The van der Waals surface area contributed by atoms with Gasteiger partial charge in [0, 0.05) is 12.1 Å². The summed E-state index contributed by atoms with van der Waals surface area (Å²) in [5, 5.41) is 0.484. The van der Waals surface area contributed by atoms with E-state index in [0.717, 1.165) is 17.7 Å². The van der Waals surface area contributed by atoms with Gasteiger partial charge in [-0.3, -0.25) is 4.79 Å². The fourth-order valence-electron chi connectivity index (χ4n) is 1.86. The van der Waals surface area contributed by atoms with Crippen LogP contribution in [0, 0.1) is 5.92 Å². The molecule has 0 fully saturated rings. The van der Waals surface area contributed by atoms with E-state index in [9.17, 15) is 4.79 Å². The maximum Gasteiger partial charge on any atom is 0.309 e. The monoisotopic (exact) mass is 225 g/mol. The van der Waals surface area contributed by atoms with Gasteiger partial charge in [-0.2, -0.15) is 0 Å². The van der Waals surface area contributed by atoms with Crippen molar-refractivity contribution >= 4 is 17.6 Å². The summed E-state index contributed by atoms with van der Waals surface area (Å²) in [7, 11) is 0. The summed E-state index contributed by atoms with van der Waals surface area (Å²) >= 11 is 5.78. The summed E-state index contributed by atoms with van der Waals surface area (Å²) in [5.41, 5.74) is 2.04. The Balaban J connectivity index is 2.12. The fourth-order valence-corrected chi connectivity index (χ4v) is 2.03. The Labute approximate surface area is 93.4 Å². The van der Waals surface area contributed by atoms with Gasteiger partial charge in [-0.05, 0) is 25.0 Å². The summed E-state index contributed by atoms with van der Waals surface area (Å²) in [6.07, 6.45) is 1.37. The zero-order valence-electron chi connectivity index (χ0n) is 8.50. The quantitative estimate of drug-likeness (QED) is 0.571. The SMILES string of the molecule is CCOC(=O)C1Cc2ccc(Cl)nc2C1. The maximum absolute atomic E-state index is 11.5. The molecule has 2 rings (SSSR count). The molecule has 0 saturated carbocycles. The molecule has 1 aromatic heterocycles. The van der Waals surface area contributed by atoms with Gasteiger partial charge in [0.05, 0.1) is 12.5 Å². The second-order valence-corrected chi connectivity index (χ2v) is 3.98. The molecule has 80 valence electrons. The number of carbonyl (C=O) groups excluding carboxylic acids is 1. The van der Waals surface area contributed by atoms with Gasteiger partial charge in [0.1, 0.15) is 5.15 Å². The van der Waals surface area contributed by atoms with Gasteiger partial charge in [-0.15, -0.1) is 0 Å². The van der Waals surface area contributed by atoms with E-state index in [-0.39, 0.29) is 11.9 Å². The van der Waals surface area contributed by atoms with E-state index < -0.39 is 0 Å². The molecule has 1 aliphatic carbocycles. The Morgan fingerprint density at radius 3 is 3.13 bits per heavy atom. The minimum absolute atomic E-state index is 0.0779. The zero-order chi connectivity index (χ0) is 10.8. The van der Waals surface area contributed by atoms with Crippen molar-refractivity contribution in [2.24, 2.45) is 5.92 Å². The average molecular weight is 226 g/mol. The van der Waals surface area contributed by atoms with E-state index >= 15 is 0 Å². The number of fused-ring (bicyclic) bond motifs is 1. The van der Waals surface area contributed by atoms with Crippen molar-refractivity contribution < 1.29 is 9.53 Å². The predicted octanol–water partition coefficient (Wildman–Crippen LogP) is 2.01. The fraction of sp³-hybridized carbons (Fsp3) is 0.455. The number of halogens is 1. The Bertz CT molecular complexity index is 392. The van der Waals surface area contributed by atoms with Crippen LogP contribution in [-0.4, -0.2) is 17.6 Å². The highest BCUT2D eigenvalue weighted by Crippen LogP contribution is 2.27. The van der Waals surface area contributed by atoms with Gasteiger partial charge in [0.15, 0.2) is 0 Å². The van der Waals surface area contributed by atoms with E-state index in [1.165, 1.54) is 0 Å². The van der Waals surface area contributed by atoms with Crippen LogP contribution in [0.2, 0.25) is 5.15 Å². The number of rotatable bonds is 2. The molecule has 0 amide bonds. The third-order valence-electron chi connectivity index (χ3n) is 2.56. The first-order valence-corrected chi connectivity index (χ1v) is 5.39.